The fourth-order valence-electron chi connectivity index (χ4n) is 1.65. The van der Waals surface area contributed by atoms with Gasteiger partial charge in [-0.25, -0.2) is 4.39 Å². The van der Waals surface area contributed by atoms with Gasteiger partial charge in [0.25, 0.3) is 0 Å². The molecule has 0 fully saturated rings. The van der Waals surface area contributed by atoms with Crippen molar-refractivity contribution in [1.29, 1.82) is 0 Å². The molecule has 0 bridgehead atoms. The van der Waals surface area contributed by atoms with Gasteiger partial charge in [-0.1, -0.05) is 48.5 Å². The highest BCUT2D eigenvalue weighted by Gasteiger charge is 2.18. The number of aromatic nitrogens is 2. The van der Waals surface area contributed by atoms with Gasteiger partial charge < -0.3 is 10.6 Å². The third kappa shape index (κ3) is 5.61. The molecule has 1 aromatic carbocycles. The number of carbonyl (C=O) groups excluding carboxylic acids is 1. The third-order valence-electron chi connectivity index (χ3n) is 2.90. The maximum absolute atomic E-state index is 13.7. The number of anilines is 2. The fraction of sp³-hybridized carbons (Fsp3) is 0.400. The van der Waals surface area contributed by atoms with Crippen LogP contribution in [0.5, 0.6) is 0 Å². The van der Waals surface area contributed by atoms with Crippen LogP contribution in [0.25, 0.3) is 0 Å². The molecule has 2 rings (SSSR count). The number of halogens is 2. The lowest BCUT2D eigenvalue weighted by Crippen LogP contribution is -2.22. The molecule has 0 aliphatic rings. The lowest BCUT2D eigenvalue weighted by atomic mass is 10.2. The maximum atomic E-state index is 13.7. The van der Waals surface area contributed by atoms with Gasteiger partial charge in [-0.05, 0) is 31.0 Å². The van der Waals surface area contributed by atoms with Crippen molar-refractivity contribution in [1.82, 2.24) is 10.2 Å². The van der Waals surface area contributed by atoms with E-state index in [4.69, 9.17) is 11.6 Å². The first-order valence-corrected chi connectivity index (χ1v) is 9.42. The Kier molecular flexibility index (Phi) is 6.82. The van der Waals surface area contributed by atoms with E-state index in [1.54, 1.807) is 6.92 Å². The summed E-state index contributed by atoms with van der Waals surface area (Å²) in [5.74, 6) is -0.374. The Morgan fingerprint density at radius 1 is 1.38 bits per heavy atom. The average Bonchev–Trinajstić information content (AvgIpc) is 2.95. The van der Waals surface area contributed by atoms with Crippen LogP contribution in [-0.2, 0) is 4.79 Å². The third-order valence-corrected chi connectivity index (χ3v) is 5.20. The molecule has 5 nitrogen and oxygen atoms in total. The summed E-state index contributed by atoms with van der Waals surface area (Å²) >= 11 is 8.36. The first kappa shape index (κ1) is 19.0. The number of amides is 1. The minimum absolute atomic E-state index is 0.105. The average molecular weight is 389 g/mol. The van der Waals surface area contributed by atoms with E-state index in [0.717, 1.165) is 17.7 Å². The topological polar surface area (TPSA) is 66.9 Å². The highest BCUT2D eigenvalue weighted by Crippen LogP contribution is 2.30. The first-order valence-electron chi connectivity index (χ1n) is 7.35. The van der Waals surface area contributed by atoms with Crippen LogP contribution in [0.3, 0.4) is 0 Å². The molecule has 1 aromatic heterocycles. The highest BCUT2D eigenvalue weighted by molar-refractivity contribution is 8.02. The van der Waals surface area contributed by atoms with Gasteiger partial charge in [0.2, 0.25) is 11.0 Å². The zero-order valence-corrected chi connectivity index (χ0v) is 15.9. The minimum Gasteiger partial charge on any atom is -0.360 e. The zero-order valence-electron chi connectivity index (χ0n) is 13.5. The quantitative estimate of drug-likeness (QED) is 0.682. The van der Waals surface area contributed by atoms with Crippen molar-refractivity contribution in [3.8, 4) is 0 Å². The molecular weight excluding hydrogens is 371 g/mol. The summed E-state index contributed by atoms with van der Waals surface area (Å²) in [6.45, 7) is 6.75. The van der Waals surface area contributed by atoms with Crippen LogP contribution in [-0.4, -0.2) is 27.9 Å². The Morgan fingerprint density at radius 3 is 2.79 bits per heavy atom. The van der Waals surface area contributed by atoms with E-state index in [-0.39, 0.29) is 16.6 Å². The first-order chi connectivity index (χ1) is 11.3. The van der Waals surface area contributed by atoms with Crippen LogP contribution in [0.15, 0.2) is 22.5 Å². The number of rotatable bonds is 7. The molecule has 24 heavy (non-hydrogen) atoms. The van der Waals surface area contributed by atoms with E-state index in [1.807, 2.05) is 0 Å². The molecule has 0 saturated carbocycles. The van der Waals surface area contributed by atoms with Gasteiger partial charge in [0.1, 0.15) is 5.82 Å². The molecule has 0 aliphatic carbocycles. The minimum atomic E-state index is -0.566. The molecule has 0 unspecified atom stereocenters. The smallest absolute Gasteiger partial charge is 0.237 e. The summed E-state index contributed by atoms with van der Waals surface area (Å²) in [5.41, 5.74) is 0.105. The van der Waals surface area contributed by atoms with E-state index in [9.17, 15) is 9.18 Å². The molecule has 2 aromatic rings. The Labute approximate surface area is 153 Å². The summed E-state index contributed by atoms with van der Waals surface area (Å²) in [5, 5.41) is 14.4. The van der Waals surface area contributed by atoms with Crippen molar-refractivity contribution >= 4 is 51.4 Å². The molecule has 0 saturated heterocycles. The predicted octanol–water partition coefficient (Wildman–Crippen LogP) is 4.52. The van der Waals surface area contributed by atoms with Crippen LogP contribution < -0.4 is 10.6 Å². The molecule has 2 N–H and O–H groups in total. The second kappa shape index (κ2) is 8.64. The molecular formula is C15H18ClFN4OS2. The van der Waals surface area contributed by atoms with E-state index in [2.05, 4.69) is 34.7 Å². The van der Waals surface area contributed by atoms with Crippen LogP contribution in [0, 0.1) is 11.7 Å². The Balaban J connectivity index is 1.91. The van der Waals surface area contributed by atoms with Crippen molar-refractivity contribution in [2.24, 2.45) is 5.92 Å². The Hall–Kier alpha value is -1.38. The summed E-state index contributed by atoms with van der Waals surface area (Å²) < 4.78 is 14.4. The summed E-state index contributed by atoms with van der Waals surface area (Å²) in [6, 6.07) is 4.12. The molecule has 9 heteroatoms. The van der Waals surface area contributed by atoms with Gasteiger partial charge in [0, 0.05) is 11.6 Å². The highest BCUT2D eigenvalue weighted by atomic mass is 35.5. The van der Waals surface area contributed by atoms with Crippen LogP contribution in [0.1, 0.15) is 20.8 Å². The second-order valence-electron chi connectivity index (χ2n) is 5.52. The second-order valence-corrected chi connectivity index (χ2v) is 8.52. The number of nitrogens with zero attached hydrogens (tertiary/aromatic N) is 2. The lowest BCUT2D eigenvalue weighted by Gasteiger charge is -2.11. The molecule has 0 aliphatic heterocycles. The maximum Gasteiger partial charge on any atom is 0.237 e. The standard InChI is InChI=1S/C15H18ClFN4OS2/c1-8(2)7-18-14-20-21-15(24-14)23-9(3)13(22)19-12-5-4-10(16)6-11(12)17/h4-6,8-9H,7H2,1-3H3,(H,18,20)(H,19,22)/t9-/m1/s1. The van der Waals surface area contributed by atoms with Gasteiger partial charge >= 0.3 is 0 Å². The van der Waals surface area contributed by atoms with Crippen molar-refractivity contribution in [2.75, 3.05) is 17.2 Å². The molecule has 130 valence electrons. The lowest BCUT2D eigenvalue weighted by molar-refractivity contribution is -0.115. The van der Waals surface area contributed by atoms with Crippen molar-refractivity contribution < 1.29 is 9.18 Å². The predicted molar refractivity (Wildman–Crippen MR) is 98.6 cm³/mol. The van der Waals surface area contributed by atoms with Gasteiger partial charge in [-0.3, -0.25) is 4.79 Å². The number of hydrogen-bond acceptors (Lipinski definition) is 6. The van der Waals surface area contributed by atoms with E-state index >= 15 is 0 Å². The number of benzene rings is 1. The summed E-state index contributed by atoms with van der Waals surface area (Å²) in [4.78, 5) is 12.2. The van der Waals surface area contributed by atoms with Gasteiger partial charge in [0.05, 0.1) is 10.9 Å². The Morgan fingerprint density at radius 2 is 2.12 bits per heavy atom. The SMILES string of the molecule is CC(C)CNc1nnc(S[C@H](C)C(=O)Nc2ccc(Cl)cc2F)s1. The van der Waals surface area contributed by atoms with Crippen LogP contribution >= 0.6 is 34.7 Å². The number of thioether (sulfide) groups is 1. The fourth-order valence-corrected chi connectivity index (χ4v) is 3.71. The Bertz CT molecular complexity index is 711. The van der Waals surface area contributed by atoms with E-state index < -0.39 is 11.1 Å². The zero-order chi connectivity index (χ0) is 17.7. The molecule has 1 heterocycles. The monoisotopic (exact) mass is 388 g/mol. The molecule has 0 spiro atoms. The number of nitrogens with one attached hydrogen (secondary N) is 2. The van der Waals surface area contributed by atoms with E-state index in [1.165, 1.54) is 35.2 Å². The molecule has 1 amide bonds. The molecule has 1 atom stereocenters. The van der Waals surface area contributed by atoms with Gasteiger partial charge in [0.15, 0.2) is 4.34 Å². The number of carbonyl (C=O) groups is 1. The van der Waals surface area contributed by atoms with Gasteiger partial charge in [-0.15, -0.1) is 10.2 Å². The number of hydrogen-bond donors (Lipinski definition) is 2. The van der Waals surface area contributed by atoms with Crippen molar-refractivity contribution in [2.45, 2.75) is 30.4 Å². The van der Waals surface area contributed by atoms with Crippen molar-refractivity contribution in [3.63, 3.8) is 0 Å². The van der Waals surface area contributed by atoms with Crippen LogP contribution in [0.2, 0.25) is 5.02 Å². The normalized spacial score (nSPS) is 12.2. The van der Waals surface area contributed by atoms with Crippen LogP contribution in [0.4, 0.5) is 15.2 Å². The molecule has 0 radical (unpaired) electrons. The largest absolute Gasteiger partial charge is 0.360 e. The summed E-state index contributed by atoms with van der Waals surface area (Å²) in [6.07, 6.45) is 0. The van der Waals surface area contributed by atoms with E-state index in [0.29, 0.717) is 10.3 Å². The van der Waals surface area contributed by atoms with Crippen molar-refractivity contribution in [3.05, 3.63) is 29.0 Å². The van der Waals surface area contributed by atoms with Gasteiger partial charge in [-0.2, -0.15) is 0 Å². The summed E-state index contributed by atoms with van der Waals surface area (Å²) in [7, 11) is 0.